The molecule has 0 rings (SSSR count). The van der Waals surface area contributed by atoms with E-state index in [1.807, 2.05) is 6.08 Å². The van der Waals surface area contributed by atoms with Gasteiger partial charge in [0.1, 0.15) is 0 Å². The molecule has 77 heavy (non-hydrogen) atoms. The summed E-state index contributed by atoms with van der Waals surface area (Å²) in [5.74, 6) is -0.0558. The van der Waals surface area contributed by atoms with Crippen LogP contribution < -0.4 is 5.32 Å². The quantitative estimate of drug-likeness (QED) is 0.0320. The molecule has 0 aromatic rings. The van der Waals surface area contributed by atoms with Crippen molar-refractivity contribution >= 4 is 11.9 Å². The Hall–Kier alpha value is -1.92. The van der Waals surface area contributed by atoms with Gasteiger partial charge in [0.2, 0.25) is 5.91 Å². The van der Waals surface area contributed by atoms with Crippen LogP contribution in [0.2, 0.25) is 0 Å². The molecule has 0 aromatic heterocycles. The molecule has 0 bridgehead atoms. The van der Waals surface area contributed by atoms with Crippen LogP contribution in [-0.4, -0.2) is 47.4 Å². The number of carbonyl (C=O) groups excluding carboxylic acids is 2. The first-order valence-corrected chi connectivity index (χ1v) is 34.8. The summed E-state index contributed by atoms with van der Waals surface area (Å²) in [7, 11) is 0. The molecule has 0 aliphatic rings. The molecule has 0 saturated heterocycles. The molecule has 0 spiro atoms. The second-order valence-electron chi connectivity index (χ2n) is 23.9. The maximum Gasteiger partial charge on any atom is 0.305 e. The number of hydrogen-bond donors (Lipinski definition) is 3. The molecule has 0 radical (unpaired) electrons. The number of aliphatic hydroxyl groups excluding tert-OH is 2. The number of aliphatic hydroxyl groups is 2. The van der Waals surface area contributed by atoms with Crippen LogP contribution in [0, 0.1) is 0 Å². The van der Waals surface area contributed by atoms with Gasteiger partial charge in [-0.2, -0.15) is 0 Å². The molecule has 2 atom stereocenters. The van der Waals surface area contributed by atoms with Gasteiger partial charge in [0, 0.05) is 12.8 Å². The van der Waals surface area contributed by atoms with Gasteiger partial charge in [0.25, 0.3) is 0 Å². The average molecular weight is 1080 g/mol. The summed E-state index contributed by atoms with van der Waals surface area (Å²) in [4.78, 5) is 24.5. The van der Waals surface area contributed by atoms with E-state index in [1.54, 1.807) is 6.08 Å². The van der Waals surface area contributed by atoms with Crippen LogP contribution in [0.25, 0.3) is 0 Å². The Kier molecular flexibility index (Phi) is 64.9. The van der Waals surface area contributed by atoms with Gasteiger partial charge in [0.05, 0.1) is 25.4 Å². The number of rotatable bonds is 65. The minimum absolute atomic E-state index is 0.00590. The summed E-state index contributed by atoms with van der Waals surface area (Å²) in [6, 6.07) is -0.624. The second kappa shape index (κ2) is 66.6. The third-order valence-corrected chi connectivity index (χ3v) is 16.2. The second-order valence-corrected chi connectivity index (χ2v) is 23.9. The SMILES string of the molecule is CCCC/C=C\C/C=C\CCCCCCCC(=O)OCCCCCCCCCCCCCCCCCCCCCCCCCCCCCCCCCC(=O)NC(CO)C(O)/C=C/CCCCCCCCCCCCCCC. The Morgan fingerprint density at radius 3 is 1.03 bits per heavy atom. The minimum atomic E-state index is -0.841. The third kappa shape index (κ3) is 63.1. The van der Waals surface area contributed by atoms with Gasteiger partial charge in [-0.15, -0.1) is 0 Å². The van der Waals surface area contributed by atoms with E-state index in [-0.39, 0.29) is 18.5 Å². The fourth-order valence-electron chi connectivity index (χ4n) is 10.8. The van der Waals surface area contributed by atoms with Gasteiger partial charge in [0.15, 0.2) is 0 Å². The molecule has 6 nitrogen and oxygen atoms in total. The molecule has 0 fully saturated rings. The molecular weight excluding hydrogens is 947 g/mol. The number of amides is 1. The van der Waals surface area contributed by atoms with Crippen molar-refractivity contribution in [3.05, 3.63) is 36.5 Å². The third-order valence-electron chi connectivity index (χ3n) is 16.2. The highest BCUT2D eigenvalue weighted by Crippen LogP contribution is 2.19. The van der Waals surface area contributed by atoms with Crippen LogP contribution in [-0.2, 0) is 14.3 Å². The minimum Gasteiger partial charge on any atom is -0.466 e. The Morgan fingerprint density at radius 2 is 0.662 bits per heavy atom. The van der Waals surface area contributed by atoms with Crippen LogP contribution in [0.1, 0.15) is 380 Å². The van der Waals surface area contributed by atoms with Crippen molar-refractivity contribution in [3.8, 4) is 0 Å². The van der Waals surface area contributed by atoms with Crippen molar-refractivity contribution in [1.82, 2.24) is 5.32 Å². The Labute approximate surface area is 481 Å². The Bertz CT molecular complexity index is 1250. The molecule has 6 heteroatoms. The Morgan fingerprint density at radius 1 is 0.364 bits per heavy atom. The lowest BCUT2D eigenvalue weighted by Crippen LogP contribution is -2.45. The zero-order valence-corrected chi connectivity index (χ0v) is 52.0. The predicted octanol–water partition coefficient (Wildman–Crippen LogP) is 22.3. The van der Waals surface area contributed by atoms with Gasteiger partial charge >= 0.3 is 5.97 Å². The van der Waals surface area contributed by atoms with Crippen LogP contribution in [0.4, 0.5) is 0 Å². The lowest BCUT2D eigenvalue weighted by atomic mass is 10.0. The standard InChI is InChI=1S/C71H135NO5/c1-3-5-7-9-11-13-15-17-36-39-43-47-51-55-59-63-69(74)68(67-73)72-70(75)64-60-56-52-48-44-40-37-34-32-30-28-26-24-22-20-19-21-23-25-27-29-31-33-35-38-42-46-50-54-58-62-66-77-71(76)65-61-57-53-49-45-41-18-16-14-12-10-8-6-4-2/h10,12,16,18,59,63,68-69,73-74H,3-9,11,13-15,17,19-58,60-62,64-67H2,1-2H3,(H,72,75)/b12-10-,18-16-,63-59+. The summed E-state index contributed by atoms with van der Waals surface area (Å²) in [6.07, 6.45) is 85.1. The summed E-state index contributed by atoms with van der Waals surface area (Å²) >= 11 is 0. The molecule has 0 heterocycles. The molecule has 3 N–H and O–H groups in total. The van der Waals surface area contributed by atoms with Gasteiger partial charge in [-0.25, -0.2) is 0 Å². The van der Waals surface area contributed by atoms with E-state index in [4.69, 9.17) is 4.74 Å². The highest BCUT2D eigenvalue weighted by molar-refractivity contribution is 5.76. The largest absolute Gasteiger partial charge is 0.466 e. The Balaban J connectivity index is 3.34. The molecule has 0 saturated carbocycles. The molecule has 0 aliphatic carbocycles. The number of nitrogens with one attached hydrogen (secondary N) is 1. The smallest absolute Gasteiger partial charge is 0.305 e. The molecule has 0 aliphatic heterocycles. The van der Waals surface area contributed by atoms with E-state index in [1.165, 1.54) is 302 Å². The van der Waals surface area contributed by atoms with Crippen LogP contribution >= 0.6 is 0 Å². The fraction of sp³-hybridized carbons (Fsp3) is 0.887. The van der Waals surface area contributed by atoms with E-state index in [0.717, 1.165) is 51.4 Å². The number of esters is 1. The van der Waals surface area contributed by atoms with Crippen molar-refractivity contribution in [3.63, 3.8) is 0 Å². The van der Waals surface area contributed by atoms with Crippen molar-refractivity contribution in [1.29, 1.82) is 0 Å². The van der Waals surface area contributed by atoms with Gasteiger partial charge in [-0.05, 0) is 57.8 Å². The number of hydrogen-bond acceptors (Lipinski definition) is 5. The van der Waals surface area contributed by atoms with Crippen molar-refractivity contribution in [2.24, 2.45) is 0 Å². The van der Waals surface area contributed by atoms with Gasteiger partial charge < -0.3 is 20.3 Å². The van der Waals surface area contributed by atoms with E-state index in [2.05, 4.69) is 43.5 Å². The maximum absolute atomic E-state index is 12.5. The molecule has 2 unspecified atom stereocenters. The molecule has 1 amide bonds. The van der Waals surface area contributed by atoms with Gasteiger partial charge in [-0.1, -0.05) is 346 Å². The van der Waals surface area contributed by atoms with E-state index < -0.39 is 12.1 Å². The number of carbonyl (C=O) groups is 2. The maximum atomic E-state index is 12.5. The highest BCUT2D eigenvalue weighted by Gasteiger charge is 2.18. The first kappa shape index (κ1) is 75.1. The van der Waals surface area contributed by atoms with Crippen LogP contribution in [0.5, 0.6) is 0 Å². The summed E-state index contributed by atoms with van der Waals surface area (Å²) in [5, 5.41) is 23.2. The van der Waals surface area contributed by atoms with Crippen molar-refractivity contribution < 1.29 is 24.5 Å². The van der Waals surface area contributed by atoms with Crippen molar-refractivity contribution in [2.45, 2.75) is 392 Å². The van der Waals surface area contributed by atoms with Crippen molar-refractivity contribution in [2.75, 3.05) is 13.2 Å². The number of unbranched alkanes of at least 4 members (excludes halogenated alkanes) is 50. The first-order valence-electron chi connectivity index (χ1n) is 34.8. The number of ether oxygens (including phenoxy) is 1. The van der Waals surface area contributed by atoms with Crippen LogP contribution in [0.15, 0.2) is 36.5 Å². The fourth-order valence-corrected chi connectivity index (χ4v) is 10.8. The van der Waals surface area contributed by atoms with Gasteiger partial charge in [-0.3, -0.25) is 9.59 Å². The molecular formula is C71H135NO5. The summed E-state index contributed by atoms with van der Waals surface area (Å²) in [5.41, 5.74) is 0. The highest BCUT2D eigenvalue weighted by atomic mass is 16.5. The predicted molar refractivity (Wildman–Crippen MR) is 338 cm³/mol. The molecule has 454 valence electrons. The molecule has 0 aromatic carbocycles. The monoisotopic (exact) mass is 1080 g/mol. The lowest BCUT2D eigenvalue weighted by molar-refractivity contribution is -0.143. The zero-order valence-electron chi connectivity index (χ0n) is 52.0. The summed E-state index contributed by atoms with van der Waals surface area (Å²) in [6.45, 7) is 4.88. The zero-order chi connectivity index (χ0) is 55.7. The topological polar surface area (TPSA) is 95.9 Å². The van der Waals surface area contributed by atoms with Crippen LogP contribution in [0.3, 0.4) is 0 Å². The normalized spacial score (nSPS) is 12.7. The number of allylic oxidation sites excluding steroid dienone is 5. The first-order chi connectivity index (χ1) is 38.0. The summed E-state index contributed by atoms with van der Waals surface area (Å²) < 4.78 is 5.48. The van der Waals surface area contributed by atoms with E-state index in [9.17, 15) is 19.8 Å². The van der Waals surface area contributed by atoms with E-state index >= 15 is 0 Å². The average Bonchev–Trinajstić information content (AvgIpc) is 3.43. The van der Waals surface area contributed by atoms with E-state index in [0.29, 0.717) is 19.4 Å². The lowest BCUT2D eigenvalue weighted by Gasteiger charge is -2.20.